The SMILES string of the molecule is COCc1cccc(NCc2cccc3c2NCCC3)c1. The molecule has 0 aromatic heterocycles. The third-order valence-corrected chi connectivity index (χ3v) is 3.88. The molecule has 3 nitrogen and oxygen atoms in total. The van der Waals surface area contributed by atoms with Crippen molar-refractivity contribution in [3.8, 4) is 0 Å². The fraction of sp³-hybridized carbons (Fsp3) is 0.333. The Hall–Kier alpha value is -2.00. The molecule has 0 spiro atoms. The van der Waals surface area contributed by atoms with E-state index < -0.39 is 0 Å². The van der Waals surface area contributed by atoms with E-state index in [0.717, 1.165) is 18.8 Å². The van der Waals surface area contributed by atoms with E-state index in [1.54, 1.807) is 7.11 Å². The maximum atomic E-state index is 5.18. The molecule has 0 unspecified atom stereocenters. The van der Waals surface area contributed by atoms with E-state index in [1.165, 1.54) is 35.2 Å². The van der Waals surface area contributed by atoms with Crippen molar-refractivity contribution >= 4 is 11.4 Å². The number of fused-ring (bicyclic) bond motifs is 1. The molecule has 110 valence electrons. The number of rotatable bonds is 5. The lowest BCUT2D eigenvalue weighted by molar-refractivity contribution is 0.185. The van der Waals surface area contributed by atoms with Crippen LogP contribution in [0.5, 0.6) is 0 Å². The molecule has 1 aliphatic rings. The van der Waals surface area contributed by atoms with Gasteiger partial charge in [-0.3, -0.25) is 0 Å². The number of methoxy groups -OCH3 is 1. The van der Waals surface area contributed by atoms with E-state index in [-0.39, 0.29) is 0 Å². The molecule has 0 fully saturated rings. The van der Waals surface area contributed by atoms with Gasteiger partial charge in [-0.15, -0.1) is 0 Å². The molecule has 0 saturated heterocycles. The molecule has 3 heteroatoms. The summed E-state index contributed by atoms with van der Waals surface area (Å²) in [7, 11) is 1.72. The van der Waals surface area contributed by atoms with Gasteiger partial charge in [0.15, 0.2) is 0 Å². The molecule has 21 heavy (non-hydrogen) atoms. The molecule has 0 atom stereocenters. The quantitative estimate of drug-likeness (QED) is 0.875. The first-order valence-corrected chi connectivity index (χ1v) is 7.53. The van der Waals surface area contributed by atoms with E-state index in [1.807, 2.05) is 0 Å². The van der Waals surface area contributed by atoms with E-state index in [2.05, 4.69) is 53.1 Å². The van der Waals surface area contributed by atoms with Crippen LogP contribution in [0.25, 0.3) is 0 Å². The van der Waals surface area contributed by atoms with E-state index in [4.69, 9.17) is 4.74 Å². The standard InChI is InChI=1S/C18H22N2O/c1-21-13-14-5-2-9-17(11-14)20-12-16-7-3-6-15-8-4-10-19-18(15)16/h2-3,5-7,9,11,19-20H,4,8,10,12-13H2,1H3. The van der Waals surface area contributed by atoms with Crippen molar-refractivity contribution in [3.63, 3.8) is 0 Å². The van der Waals surface area contributed by atoms with E-state index >= 15 is 0 Å². The van der Waals surface area contributed by atoms with Crippen molar-refractivity contribution in [1.29, 1.82) is 0 Å². The third-order valence-electron chi connectivity index (χ3n) is 3.88. The van der Waals surface area contributed by atoms with Crippen molar-refractivity contribution in [2.24, 2.45) is 0 Å². The maximum absolute atomic E-state index is 5.18. The molecular formula is C18H22N2O. The molecule has 1 heterocycles. The summed E-state index contributed by atoms with van der Waals surface area (Å²) in [4.78, 5) is 0. The van der Waals surface area contributed by atoms with Gasteiger partial charge in [-0.25, -0.2) is 0 Å². The zero-order valence-corrected chi connectivity index (χ0v) is 12.5. The van der Waals surface area contributed by atoms with E-state index in [9.17, 15) is 0 Å². The molecule has 0 amide bonds. The van der Waals surface area contributed by atoms with Gasteiger partial charge < -0.3 is 15.4 Å². The third kappa shape index (κ3) is 3.37. The number of aryl methyl sites for hydroxylation is 1. The molecular weight excluding hydrogens is 260 g/mol. The highest BCUT2D eigenvalue weighted by molar-refractivity contribution is 5.60. The largest absolute Gasteiger partial charge is 0.385 e. The molecule has 2 N–H and O–H groups in total. The second-order valence-electron chi connectivity index (χ2n) is 5.47. The molecule has 0 radical (unpaired) electrons. The zero-order chi connectivity index (χ0) is 14.5. The maximum Gasteiger partial charge on any atom is 0.0713 e. The van der Waals surface area contributed by atoms with Gasteiger partial charge in [0, 0.05) is 31.6 Å². The van der Waals surface area contributed by atoms with Crippen molar-refractivity contribution in [1.82, 2.24) is 0 Å². The Morgan fingerprint density at radius 3 is 3.00 bits per heavy atom. The lowest BCUT2D eigenvalue weighted by Gasteiger charge is -2.21. The first-order valence-electron chi connectivity index (χ1n) is 7.53. The highest BCUT2D eigenvalue weighted by Crippen LogP contribution is 2.26. The predicted octanol–water partition coefficient (Wildman–Crippen LogP) is 3.80. The number of anilines is 2. The van der Waals surface area contributed by atoms with Crippen LogP contribution in [0.4, 0.5) is 11.4 Å². The summed E-state index contributed by atoms with van der Waals surface area (Å²) in [5.74, 6) is 0. The smallest absolute Gasteiger partial charge is 0.0713 e. The van der Waals surface area contributed by atoms with Crippen LogP contribution in [0.1, 0.15) is 23.1 Å². The van der Waals surface area contributed by atoms with Gasteiger partial charge in [-0.2, -0.15) is 0 Å². The molecule has 0 saturated carbocycles. The Balaban J connectivity index is 1.72. The van der Waals surface area contributed by atoms with E-state index in [0.29, 0.717) is 6.61 Å². The average molecular weight is 282 g/mol. The molecule has 0 bridgehead atoms. The lowest BCUT2D eigenvalue weighted by atomic mass is 9.99. The molecule has 3 rings (SSSR count). The Kier molecular flexibility index (Phi) is 4.41. The Morgan fingerprint density at radius 2 is 2.10 bits per heavy atom. The van der Waals surface area contributed by atoms with Gasteiger partial charge in [0.1, 0.15) is 0 Å². The summed E-state index contributed by atoms with van der Waals surface area (Å²) >= 11 is 0. The molecule has 1 aliphatic heterocycles. The average Bonchev–Trinajstić information content (AvgIpc) is 2.53. The number of hydrogen-bond acceptors (Lipinski definition) is 3. The Bertz CT molecular complexity index is 610. The van der Waals surface area contributed by atoms with Crippen LogP contribution >= 0.6 is 0 Å². The van der Waals surface area contributed by atoms with Gasteiger partial charge in [0.2, 0.25) is 0 Å². The summed E-state index contributed by atoms with van der Waals surface area (Å²) in [5.41, 5.74) is 6.43. The Morgan fingerprint density at radius 1 is 1.19 bits per heavy atom. The molecule has 2 aromatic rings. The summed E-state index contributed by atoms with van der Waals surface area (Å²) in [6.45, 7) is 2.57. The summed E-state index contributed by atoms with van der Waals surface area (Å²) in [5, 5.41) is 7.05. The molecule has 2 aromatic carbocycles. The summed E-state index contributed by atoms with van der Waals surface area (Å²) < 4.78 is 5.18. The minimum absolute atomic E-state index is 0.651. The second-order valence-corrected chi connectivity index (χ2v) is 5.47. The Labute approximate surface area is 126 Å². The van der Waals surface area contributed by atoms with Gasteiger partial charge in [-0.05, 0) is 41.7 Å². The fourth-order valence-electron chi connectivity index (χ4n) is 2.86. The summed E-state index contributed by atoms with van der Waals surface area (Å²) in [6, 6.07) is 15.0. The molecule has 0 aliphatic carbocycles. The van der Waals surface area contributed by atoms with Gasteiger partial charge in [0.05, 0.1) is 6.61 Å². The van der Waals surface area contributed by atoms with Crippen LogP contribution in [0, 0.1) is 0 Å². The number of benzene rings is 2. The van der Waals surface area contributed by atoms with Gasteiger partial charge in [-0.1, -0.05) is 30.3 Å². The van der Waals surface area contributed by atoms with Crippen LogP contribution in [0.15, 0.2) is 42.5 Å². The summed E-state index contributed by atoms with van der Waals surface area (Å²) in [6.07, 6.45) is 2.41. The number of ether oxygens (including phenoxy) is 1. The number of para-hydroxylation sites is 1. The van der Waals surface area contributed by atoms with Crippen molar-refractivity contribution in [3.05, 3.63) is 59.2 Å². The minimum atomic E-state index is 0.651. The topological polar surface area (TPSA) is 33.3 Å². The van der Waals surface area contributed by atoms with Crippen LogP contribution < -0.4 is 10.6 Å². The van der Waals surface area contributed by atoms with Crippen LogP contribution in [-0.4, -0.2) is 13.7 Å². The van der Waals surface area contributed by atoms with Crippen LogP contribution in [0.2, 0.25) is 0 Å². The number of hydrogen-bond donors (Lipinski definition) is 2. The van der Waals surface area contributed by atoms with Crippen LogP contribution in [-0.2, 0) is 24.3 Å². The first kappa shape index (κ1) is 14.0. The fourth-order valence-corrected chi connectivity index (χ4v) is 2.86. The highest BCUT2D eigenvalue weighted by atomic mass is 16.5. The minimum Gasteiger partial charge on any atom is -0.385 e. The predicted molar refractivity (Wildman–Crippen MR) is 87.7 cm³/mol. The lowest BCUT2D eigenvalue weighted by Crippen LogP contribution is -2.15. The monoisotopic (exact) mass is 282 g/mol. The van der Waals surface area contributed by atoms with Gasteiger partial charge >= 0.3 is 0 Å². The van der Waals surface area contributed by atoms with Crippen molar-refractivity contribution in [2.75, 3.05) is 24.3 Å². The normalized spacial score (nSPS) is 13.4. The first-order chi connectivity index (χ1) is 10.4. The van der Waals surface area contributed by atoms with Crippen molar-refractivity contribution in [2.45, 2.75) is 26.0 Å². The van der Waals surface area contributed by atoms with Crippen LogP contribution in [0.3, 0.4) is 0 Å². The van der Waals surface area contributed by atoms with Gasteiger partial charge in [0.25, 0.3) is 0 Å². The zero-order valence-electron chi connectivity index (χ0n) is 12.5. The highest BCUT2D eigenvalue weighted by Gasteiger charge is 2.11. The van der Waals surface area contributed by atoms with Crippen molar-refractivity contribution < 1.29 is 4.74 Å². The second kappa shape index (κ2) is 6.64. The number of nitrogens with one attached hydrogen (secondary N) is 2.